The highest BCUT2D eigenvalue weighted by molar-refractivity contribution is 5.03. The highest BCUT2D eigenvalue weighted by Gasteiger charge is 2.22. The maximum atomic E-state index is 5.17. The molecule has 2 heterocycles. The van der Waals surface area contributed by atoms with Crippen LogP contribution < -0.4 is 5.90 Å². The summed E-state index contributed by atoms with van der Waals surface area (Å²) in [7, 11) is 0. The van der Waals surface area contributed by atoms with Gasteiger partial charge in [-0.2, -0.15) is 0 Å². The maximum Gasteiger partial charge on any atom is 0.0834 e. The molecule has 0 spiro atoms. The number of aromatic nitrogens is 1. The topological polar surface area (TPSA) is 51.4 Å². The summed E-state index contributed by atoms with van der Waals surface area (Å²) in [6.45, 7) is 2.63. The Balaban J connectivity index is 1.96. The van der Waals surface area contributed by atoms with Gasteiger partial charge in [0.1, 0.15) is 0 Å². The van der Waals surface area contributed by atoms with Crippen molar-refractivity contribution in [3.05, 3.63) is 30.1 Å². The van der Waals surface area contributed by atoms with Crippen LogP contribution in [0.2, 0.25) is 0 Å². The van der Waals surface area contributed by atoms with E-state index in [1.54, 1.807) is 0 Å². The van der Waals surface area contributed by atoms with Gasteiger partial charge in [0, 0.05) is 18.8 Å². The Labute approximate surface area is 96.4 Å². The van der Waals surface area contributed by atoms with Gasteiger partial charge >= 0.3 is 0 Å². The number of rotatable bonds is 4. The van der Waals surface area contributed by atoms with E-state index in [2.05, 4.69) is 16.0 Å². The molecule has 0 aromatic carbocycles. The Morgan fingerprint density at radius 3 is 3.12 bits per heavy atom. The van der Waals surface area contributed by atoms with E-state index in [0.29, 0.717) is 12.6 Å². The summed E-state index contributed by atoms with van der Waals surface area (Å²) < 4.78 is 0. The van der Waals surface area contributed by atoms with Crippen LogP contribution in [-0.2, 0) is 11.4 Å². The first kappa shape index (κ1) is 11.5. The third-order valence-corrected chi connectivity index (χ3v) is 3.13. The molecule has 4 heteroatoms. The van der Waals surface area contributed by atoms with Gasteiger partial charge in [0.15, 0.2) is 0 Å². The zero-order valence-corrected chi connectivity index (χ0v) is 9.51. The fourth-order valence-electron chi connectivity index (χ4n) is 2.27. The fourth-order valence-corrected chi connectivity index (χ4v) is 2.27. The highest BCUT2D eigenvalue weighted by atomic mass is 16.6. The zero-order valence-electron chi connectivity index (χ0n) is 9.51. The fraction of sp³-hybridized carbons (Fsp3) is 0.583. The van der Waals surface area contributed by atoms with E-state index < -0.39 is 0 Å². The first-order valence-electron chi connectivity index (χ1n) is 5.86. The van der Waals surface area contributed by atoms with Gasteiger partial charge in [-0.1, -0.05) is 12.5 Å². The molecule has 0 amide bonds. The van der Waals surface area contributed by atoms with E-state index in [1.807, 2.05) is 18.3 Å². The molecular formula is C12H19N3O. The number of likely N-dealkylation sites (tertiary alicyclic amines) is 1. The van der Waals surface area contributed by atoms with Gasteiger partial charge in [-0.05, 0) is 31.5 Å². The number of pyridine rings is 1. The molecule has 1 aliphatic rings. The van der Waals surface area contributed by atoms with Crippen LogP contribution in [0, 0.1) is 0 Å². The van der Waals surface area contributed by atoms with Gasteiger partial charge in [0.2, 0.25) is 0 Å². The Morgan fingerprint density at radius 2 is 2.38 bits per heavy atom. The van der Waals surface area contributed by atoms with Gasteiger partial charge in [0.05, 0.1) is 12.3 Å². The van der Waals surface area contributed by atoms with Crippen LogP contribution in [0.1, 0.15) is 25.0 Å². The summed E-state index contributed by atoms with van der Waals surface area (Å²) in [6.07, 6.45) is 5.54. The lowest BCUT2D eigenvalue weighted by Crippen LogP contribution is -2.42. The van der Waals surface area contributed by atoms with Gasteiger partial charge in [-0.15, -0.1) is 0 Å². The Morgan fingerprint density at radius 1 is 1.44 bits per heavy atom. The predicted octanol–water partition coefficient (Wildman–Crippen LogP) is 1.33. The van der Waals surface area contributed by atoms with E-state index in [-0.39, 0.29) is 0 Å². The lowest BCUT2D eigenvalue weighted by Gasteiger charge is -2.34. The minimum atomic E-state index is 0.445. The van der Waals surface area contributed by atoms with Crippen molar-refractivity contribution < 1.29 is 4.84 Å². The summed E-state index contributed by atoms with van der Waals surface area (Å²) in [5.41, 5.74) is 1.12. The van der Waals surface area contributed by atoms with Gasteiger partial charge in [-0.25, -0.2) is 5.90 Å². The number of piperidine rings is 1. The molecule has 88 valence electrons. The standard InChI is InChI=1S/C12H19N3O/c13-16-10-12-6-2-4-8-15(12)9-11-5-1-3-7-14-11/h1,3,5,7,12H,2,4,6,8-10,13H2. The van der Waals surface area contributed by atoms with Crippen LogP contribution >= 0.6 is 0 Å². The first-order chi connectivity index (χ1) is 7.90. The van der Waals surface area contributed by atoms with Crippen molar-refractivity contribution >= 4 is 0 Å². The molecule has 1 saturated heterocycles. The van der Waals surface area contributed by atoms with E-state index in [4.69, 9.17) is 10.7 Å². The van der Waals surface area contributed by atoms with Crippen LogP contribution in [0.4, 0.5) is 0 Å². The van der Waals surface area contributed by atoms with E-state index >= 15 is 0 Å². The smallest absolute Gasteiger partial charge is 0.0834 e. The SMILES string of the molecule is NOCC1CCCCN1Cc1ccccn1. The van der Waals surface area contributed by atoms with Crippen LogP contribution in [0.15, 0.2) is 24.4 Å². The summed E-state index contributed by atoms with van der Waals surface area (Å²) in [4.78, 5) is 11.6. The monoisotopic (exact) mass is 221 g/mol. The number of hydrogen-bond donors (Lipinski definition) is 1. The first-order valence-corrected chi connectivity index (χ1v) is 5.86. The lowest BCUT2D eigenvalue weighted by molar-refractivity contribution is 0.0354. The third-order valence-electron chi connectivity index (χ3n) is 3.13. The van der Waals surface area contributed by atoms with Crippen molar-refractivity contribution in [1.29, 1.82) is 0 Å². The molecule has 0 saturated carbocycles. The largest absolute Gasteiger partial charge is 0.303 e. The van der Waals surface area contributed by atoms with Gasteiger partial charge < -0.3 is 4.84 Å². The van der Waals surface area contributed by atoms with Crippen molar-refractivity contribution in [1.82, 2.24) is 9.88 Å². The van der Waals surface area contributed by atoms with E-state index in [9.17, 15) is 0 Å². The molecule has 2 N–H and O–H groups in total. The summed E-state index contributed by atoms with van der Waals surface area (Å²) in [5.74, 6) is 5.17. The molecule has 1 atom stereocenters. The Kier molecular flexibility index (Phi) is 4.27. The normalized spacial score (nSPS) is 22.2. The maximum absolute atomic E-state index is 5.17. The number of nitrogens with two attached hydrogens (primary N) is 1. The molecule has 16 heavy (non-hydrogen) atoms. The molecule has 4 nitrogen and oxygen atoms in total. The predicted molar refractivity (Wildman–Crippen MR) is 62.4 cm³/mol. The average Bonchev–Trinajstić information content (AvgIpc) is 2.33. The zero-order chi connectivity index (χ0) is 11.2. The quantitative estimate of drug-likeness (QED) is 0.779. The van der Waals surface area contributed by atoms with Crippen LogP contribution in [-0.4, -0.2) is 29.1 Å². The molecule has 0 bridgehead atoms. The molecule has 0 radical (unpaired) electrons. The van der Waals surface area contributed by atoms with Crippen LogP contribution in [0.25, 0.3) is 0 Å². The van der Waals surface area contributed by atoms with Gasteiger partial charge in [-0.3, -0.25) is 9.88 Å². The molecule has 1 aromatic heterocycles. The molecular weight excluding hydrogens is 202 g/mol. The van der Waals surface area contributed by atoms with Crippen molar-refractivity contribution in [2.75, 3.05) is 13.2 Å². The molecule has 0 aliphatic carbocycles. The van der Waals surface area contributed by atoms with Crippen molar-refractivity contribution in [3.8, 4) is 0 Å². The molecule has 1 fully saturated rings. The van der Waals surface area contributed by atoms with E-state index in [1.165, 1.54) is 19.3 Å². The second-order valence-corrected chi connectivity index (χ2v) is 4.27. The average molecular weight is 221 g/mol. The second kappa shape index (κ2) is 5.94. The Bertz CT molecular complexity index is 302. The molecule has 1 aromatic rings. The van der Waals surface area contributed by atoms with Gasteiger partial charge in [0.25, 0.3) is 0 Å². The number of nitrogens with zero attached hydrogens (tertiary/aromatic N) is 2. The minimum absolute atomic E-state index is 0.445. The third kappa shape index (κ3) is 3.01. The van der Waals surface area contributed by atoms with Crippen LogP contribution in [0.5, 0.6) is 0 Å². The Hall–Kier alpha value is -0.970. The highest BCUT2D eigenvalue weighted by Crippen LogP contribution is 2.18. The molecule has 1 aliphatic heterocycles. The van der Waals surface area contributed by atoms with E-state index in [0.717, 1.165) is 18.8 Å². The lowest BCUT2D eigenvalue weighted by atomic mass is 10.0. The van der Waals surface area contributed by atoms with Crippen molar-refractivity contribution in [2.24, 2.45) is 5.90 Å². The minimum Gasteiger partial charge on any atom is -0.303 e. The summed E-state index contributed by atoms with van der Waals surface area (Å²) in [5, 5.41) is 0. The van der Waals surface area contributed by atoms with Crippen molar-refractivity contribution in [3.63, 3.8) is 0 Å². The van der Waals surface area contributed by atoms with Crippen molar-refractivity contribution in [2.45, 2.75) is 31.8 Å². The number of hydrogen-bond acceptors (Lipinski definition) is 4. The van der Waals surface area contributed by atoms with Crippen LogP contribution in [0.3, 0.4) is 0 Å². The molecule has 1 unspecified atom stereocenters. The molecule has 2 rings (SSSR count). The summed E-state index contributed by atoms with van der Waals surface area (Å²) in [6, 6.07) is 6.48. The summed E-state index contributed by atoms with van der Waals surface area (Å²) >= 11 is 0. The second-order valence-electron chi connectivity index (χ2n) is 4.27.